The van der Waals surface area contributed by atoms with Gasteiger partial charge in [0.1, 0.15) is 0 Å². The second kappa shape index (κ2) is 3.94. The highest BCUT2D eigenvalue weighted by Gasteiger charge is 2.15. The molecule has 0 spiro atoms. The van der Waals surface area contributed by atoms with Gasteiger partial charge < -0.3 is 5.32 Å². The molecule has 0 aromatic heterocycles. The monoisotopic (exact) mass is 141 g/mol. The maximum absolute atomic E-state index is 3.85. The average molecular weight is 141 g/mol. The molecule has 1 aliphatic heterocycles. The molecule has 1 aliphatic rings. The first-order valence-electron chi connectivity index (χ1n) is 4.08. The minimum absolute atomic E-state index is 0.704. The van der Waals surface area contributed by atoms with Crippen molar-refractivity contribution >= 4 is 0 Å². The van der Waals surface area contributed by atoms with Gasteiger partial charge in [0.15, 0.2) is 0 Å². The van der Waals surface area contributed by atoms with Gasteiger partial charge in [-0.2, -0.15) is 0 Å². The molecule has 1 unspecified atom stereocenters. The van der Waals surface area contributed by atoms with Crippen molar-refractivity contribution in [1.29, 1.82) is 0 Å². The normalized spacial score (nSPS) is 28.8. The Morgan fingerprint density at radius 1 is 1.70 bits per heavy atom. The minimum Gasteiger partial charge on any atom is -0.314 e. The molecule has 10 heavy (non-hydrogen) atoms. The van der Waals surface area contributed by atoms with Crippen LogP contribution in [0.4, 0.5) is 0 Å². The summed E-state index contributed by atoms with van der Waals surface area (Å²) >= 11 is 0. The summed E-state index contributed by atoms with van der Waals surface area (Å²) < 4.78 is 0. The number of nitrogens with one attached hydrogen (secondary N) is 1. The lowest BCUT2D eigenvalue weighted by atomic mass is 10.2. The molecular weight excluding hydrogens is 124 g/mol. The molecule has 1 atom stereocenters. The van der Waals surface area contributed by atoms with E-state index in [9.17, 15) is 0 Å². The van der Waals surface area contributed by atoms with Crippen LogP contribution >= 0.6 is 0 Å². The molecule has 1 N–H and O–H groups in total. The Morgan fingerprint density at radius 3 is 3.10 bits per heavy atom. The third-order valence-electron chi connectivity index (χ3n) is 2.08. The highest BCUT2D eigenvalue weighted by molar-refractivity contribution is 4.75. The summed E-state index contributed by atoms with van der Waals surface area (Å²) in [4.78, 5) is 2.49. The van der Waals surface area contributed by atoms with Crippen molar-refractivity contribution in [2.75, 3.05) is 26.2 Å². The second-order valence-electron chi connectivity index (χ2n) is 2.94. The van der Waals surface area contributed by atoms with Crippen LogP contribution in [-0.2, 0) is 0 Å². The lowest BCUT2D eigenvalue weighted by molar-refractivity contribution is 0.177. The van der Waals surface area contributed by atoms with Crippen LogP contribution in [0.25, 0.3) is 0 Å². The van der Waals surface area contributed by atoms with Crippen LogP contribution in [0.15, 0.2) is 0 Å². The molecule has 1 saturated heterocycles. The Labute approximate surface area is 63.6 Å². The molecule has 1 rings (SSSR count). The molecule has 0 bridgehead atoms. The van der Waals surface area contributed by atoms with Crippen molar-refractivity contribution in [3.8, 4) is 0 Å². The minimum atomic E-state index is 0.704. The number of hydrogen-bond acceptors (Lipinski definition) is 2. The first-order valence-corrected chi connectivity index (χ1v) is 4.08. The maximum Gasteiger partial charge on any atom is 0.0192 e. The fraction of sp³-hybridized carbons (Fsp3) is 0.875. The third kappa shape index (κ3) is 1.96. The van der Waals surface area contributed by atoms with E-state index < -0.39 is 0 Å². The van der Waals surface area contributed by atoms with E-state index in [0.29, 0.717) is 6.04 Å². The Morgan fingerprint density at radius 2 is 2.50 bits per heavy atom. The van der Waals surface area contributed by atoms with Gasteiger partial charge in [0.25, 0.3) is 0 Å². The van der Waals surface area contributed by atoms with Crippen molar-refractivity contribution in [3.05, 3.63) is 6.92 Å². The predicted octanol–water partition coefficient (Wildman–Crippen LogP) is 0.504. The highest BCUT2D eigenvalue weighted by atomic mass is 15.2. The molecule has 0 aromatic rings. The summed E-state index contributed by atoms with van der Waals surface area (Å²) in [5.74, 6) is 0. The lowest BCUT2D eigenvalue weighted by Crippen LogP contribution is -2.49. The Bertz CT molecular complexity index is 91.3. The van der Waals surface area contributed by atoms with Gasteiger partial charge in [0.05, 0.1) is 0 Å². The maximum atomic E-state index is 3.85. The molecule has 0 amide bonds. The summed E-state index contributed by atoms with van der Waals surface area (Å²) in [6, 6.07) is 0.704. The predicted molar refractivity (Wildman–Crippen MR) is 43.9 cm³/mol. The summed E-state index contributed by atoms with van der Waals surface area (Å²) in [5.41, 5.74) is 0. The standard InChI is InChI=1S/C8H17N2/c1-3-5-10-6-4-9-7-8(10)2/h8-9H,1,3-7H2,2H3. The number of piperazine rings is 1. The molecule has 1 radical (unpaired) electrons. The Balaban J connectivity index is 2.25. The molecule has 2 heteroatoms. The van der Waals surface area contributed by atoms with Gasteiger partial charge in [-0.25, -0.2) is 0 Å². The summed E-state index contributed by atoms with van der Waals surface area (Å²) in [7, 11) is 0. The molecule has 0 aliphatic carbocycles. The van der Waals surface area contributed by atoms with Crippen LogP contribution in [0.2, 0.25) is 0 Å². The number of rotatable bonds is 2. The molecule has 0 aromatic carbocycles. The van der Waals surface area contributed by atoms with Crippen molar-refractivity contribution in [2.24, 2.45) is 0 Å². The van der Waals surface area contributed by atoms with Gasteiger partial charge in [-0.3, -0.25) is 4.90 Å². The van der Waals surface area contributed by atoms with E-state index in [1.807, 2.05) is 0 Å². The summed E-state index contributed by atoms with van der Waals surface area (Å²) in [6.07, 6.45) is 1.03. The Hall–Kier alpha value is -0.0800. The molecule has 0 saturated carbocycles. The molecule has 1 heterocycles. The van der Waals surface area contributed by atoms with Crippen LogP contribution in [0, 0.1) is 6.92 Å². The van der Waals surface area contributed by atoms with Gasteiger partial charge in [-0.1, -0.05) is 6.92 Å². The van der Waals surface area contributed by atoms with E-state index in [2.05, 4.69) is 24.1 Å². The first kappa shape index (κ1) is 8.02. The van der Waals surface area contributed by atoms with Gasteiger partial charge in [0, 0.05) is 25.7 Å². The van der Waals surface area contributed by atoms with E-state index in [1.165, 1.54) is 6.54 Å². The first-order chi connectivity index (χ1) is 4.84. The molecule has 2 nitrogen and oxygen atoms in total. The van der Waals surface area contributed by atoms with Crippen LogP contribution in [-0.4, -0.2) is 37.1 Å². The SMILES string of the molecule is [CH2]CCN1CCNCC1C. The topological polar surface area (TPSA) is 15.3 Å². The van der Waals surface area contributed by atoms with Gasteiger partial charge in [-0.15, -0.1) is 0 Å². The van der Waals surface area contributed by atoms with Crippen LogP contribution < -0.4 is 5.32 Å². The van der Waals surface area contributed by atoms with Crippen molar-refractivity contribution < 1.29 is 0 Å². The number of nitrogens with zero attached hydrogens (tertiary/aromatic N) is 1. The largest absolute Gasteiger partial charge is 0.314 e. The fourth-order valence-electron chi connectivity index (χ4n) is 1.42. The van der Waals surface area contributed by atoms with Crippen LogP contribution in [0.5, 0.6) is 0 Å². The smallest absolute Gasteiger partial charge is 0.0192 e. The zero-order valence-electron chi connectivity index (χ0n) is 6.77. The van der Waals surface area contributed by atoms with Crippen LogP contribution in [0.3, 0.4) is 0 Å². The Kier molecular flexibility index (Phi) is 3.16. The van der Waals surface area contributed by atoms with Gasteiger partial charge in [-0.05, 0) is 19.9 Å². The van der Waals surface area contributed by atoms with Crippen molar-refractivity contribution in [1.82, 2.24) is 10.2 Å². The van der Waals surface area contributed by atoms with E-state index in [0.717, 1.165) is 26.1 Å². The van der Waals surface area contributed by atoms with Crippen LogP contribution in [0.1, 0.15) is 13.3 Å². The average Bonchev–Trinajstić information content (AvgIpc) is 1.94. The zero-order chi connectivity index (χ0) is 7.40. The second-order valence-corrected chi connectivity index (χ2v) is 2.94. The van der Waals surface area contributed by atoms with E-state index in [-0.39, 0.29) is 0 Å². The van der Waals surface area contributed by atoms with Gasteiger partial charge in [0.2, 0.25) is 0 Å². The van der Waals surface area contributed by atoms with E-state index in [4.69, 9.17) is 0 Å². The molecular formula is C8H17N2. The molecule has 59 valence electrons. The van der Waals surface area contributed by atoms with E-state index >= 15 is 0 Å². The van der Waals surface area contributed by atoms with E-state index in [1.54, 1.807) is 0 Å². The third-order valence-corrected chi connectivity index (χ3v) is 2.08. The summed E-state index contributed by atoms with van der Waals surface area (Å²) in [6.45, 7) is 10.7. The summed E-state index contributed by atoms with van der Waals surface area (Å²) in [5, 5.41) is 3.36. The number of hydrogen-bond donors (Lipinski definition) is 1. The van der Waals surface area contributed by atoms with Crippen molar-refractivity contribution in [3.63, 3.8) is 0 Å². The highest BCUT2D eigenvalue weighted by Crippen LogP contribution is 2.01. The zero-order valence-corrected chi connectivity index (χ0v) is 6.77. The fourth-order valence-corrected chi connectivity index (χ4v) is 1.42. The van der Waals surface area contributed by atoms with Gasteiger partial charge >= 0.3 is 0 Å². The molecule has 1 fully saturated rings. The quantitative estimate of drug-likeness (QED) is 0.602. The lowest BCUT2D eigenvalue weighted by Gasteiger charge is -2.33. The van der Waals surface area contributed by atoms with Crippen molar-refractivity contribution in [2.45, 2.75) is 19.4 Å².